The molecule has 0 aliphatic carbocycles. The highest BCUT2D eigenvalue weighted by atomic mass is 16.5. The largest absolute Gasteiger partial charge is 0.436 e. The smallest absolute Gasteiger partial charge is 0.228 e. The van der Waals surface area contributed by atoms with E-state index in [1.54, 1.807) is 12.4 Å². The Morgan fingerprint density at radius 3 is 2.56 bits per heavy atom. The fourth-order valence-corrected chi connectivity index (χ4v) is 3.96. The minimum Gasteiger partial charge on any atom is -0.436 e. The summed E-state index contributed by atoms with van der Waals surface area (Å²) in [5, 5.41) is 0. The van der Waals surface area contributed by atoms with E-state index in [1.807, 2.05) is 19.1 Å². The summed E-state index contributed by atoms with van der Waals surface area (Å²) in [5.41, 5.74) is 5.75. The molecule has 1 fully saturated rings. The Balaban J connectivity index is 1.51. The van der Waals surface area contributed by atoms with Crippen LogP contribution in [0.15, 0.2) is 47.1 Å². The predicted molar refractivity (Wildman–Crippen MR) is 105 cm³/mol. The highest BCUT2D eigenvalue weighted by Crippen LogP contribution is 2.44. The zero-order chi connectivity index (χ0) is 18.6. The van der Waals surface area contributed by atoms with E-state index in [0.29, 0.717) is 11.9 Å². The molecule has 0 bridgehead atoms. The lowest BCUT2D eigenvalue weighted by Gasteiger charge is -2.37. The number of ether oxygens (including phenoxy) is 1. The van der Waals surface area contributed by atoms with Crippen LogP contribution in [0.5, 0.6) is 0 Å². The average Bonchev–Trinajstić information content (AvgIpc) is 3.18. The van der Waals surface area contributed by atoms with Crippen molar-refractivity contribution in [3.05, 3.63) is 54.0 Å². The van der Waals surface area contributed by atoms with Crippen molar-refractivity contribution in [3.8, 4) is 22.8 Å². The maximum atomic E-state index is 6.05. The van der Waals surface area contributed by atoms with Crippen LogP contribution in [0.2, 0.25) is 0 Å². The van der Waals surface area contributed by atoms with Gasteiger partial charge in [0.2, 0.25) is 5.89 Å². The normalized spacial score (nSPS) is 18.4. The third-order valence-electron chi connectivity index (χ3n) is 5.61. The number of fused-ring (bicyclic) bond motifs is 1. The third kappa shape index (κ3) is 2.73. The number of aryl methyl sites for hydroxylation is 1. The number of nitrogens with zero attached hydrogens (tertiary/aromatic N) is 3. The Kier molecular flexibility index (Phi) is 3.62. The summed E-state index contributed by atoms with van der Waals surface area (Å²) in [4.78, 5) is 11.3. The standard InChI is InChI=1S/C22H23N3O2/c1-14-4-5-16(9-23-14)21-24-10-20(27-21)15-6-7-18-19(8-15)25(13-22(18,2)3)17-11-26-12-17/h4-10,17H,11-13H2,1-3H3. The van der Waals surface area contributed by atoms with Crippen LogP contribution < -0.4 is 4.90 Å². The summed E-state index contributed by atoms with van der Waals surface area (Å²) in [7, 11) is 0. The van der Waals surface area contributed by atoms with E-state index >= 15 is 0 Å². The monoisotopic (exact) mass is 361 g/mol. The van der Waals surface area contributed by atoms with Gasteiger partial charge >= 0.3 is 0 Å². The van der Waals surface area contributed by atoms with Gasteiger partial charge in [-0.05, 0) is 30.7 Å². The van der Waals surface area contributed by atoms with Gasteiger partial charge in [-0.1, -0.05) is 26.0 Å². The second kappa shape index (κ2) is 5.92. The van der Waals surface area contributed by atoms with Crippen molar-refractivity contribution in [2.75, 3.05) is 24.7 Å². The Hall–Kier alpha value is -2.66. The lowest BCUT2D eigenvalue weighted by atomic mass is 9.86. The van der Waals surface area contributed by atoms with Gasteiger partial charge in [-0.3, -0.25) is 4.98 Å². The molecule has 1 saturated heterocycles. The topological polar surface area (TPSA) is 51.4 Å². The van der Waals surface area contributed by atoms with Gasteiger partial charge in [-0.15, -0.1) is 0 Å². The number of anilines is 1. The Morgan fingerprint density at radius 2 is 1.85 bits per heavy atom. The van der Waals surface area contributed by atoms with Crippen LogP contribution in [0.25, 0.3) is 22.8 Å². The summed E-state index contributed by atoms with van der Waals surface area (Å²) in [5.74, 6) is 1.38. The molecule has 138 valence electrons. The van der Waals surface area contributed by atoms with E-state index in [1.165, 1.54) is 11.3 Å². The highest BCUT2D eigenvalue weighted by Gasteiger charge is 2.40. The molecule has 2 aromatic heterocycles. The molecule has 5 nitrogen and oxygen atoms in total. The van der Waals surface area contributed by atoms with E-state index in [0.717, 1.165) is 42.3 Å². The summed E-state index contributed by atoms with van der Waals surface area (Å²) >= 11 is 0. The Labute approximate surface area is 159 Å². The molecule has 5 heteroatoms. The number of hydrogen-bond acceptors (Lipinski definition) is 5. The van der Waals surface area contributed by atoms with Crippen LogP contribution in [0.3, 0.4) is 0 Å². The van der Waals surface area contributed by atoms with Gasteiger partial charge in [-0.25, -0.2) is 4.98 Å². The van der Waals surface area contributed by atoms with Crippen molar-refractivity contribution in [1.82, 2.24) is 9.97 Å². The number of oxazole rings is 1. The van der Waals surface area contributed by atoms with Crippen molar-refractivity contribution in [3.63, 3.8) is 0 Å². The summed E-state index contributed by atoms with van der Waals surface area (Å²) in [6.45, 7) is 9.23. The molecule has 0 atom stereocenters. The molecule has 0 saturated carbocycles. The van der Waals surface area contributed by atoms with Crippen molar-refractivity contribution in [2.45, 2.75) is 32.2 Å². The second-order valence-corrected chi connectivity index (χ2v) is 8.15. The van der Waals surface area contributed by atoms with E-state index in [9.17, 15) is 0 Å². The van der Waals surface area contributed by atoms with Gasteiger partial charge in [0.05, 0.1) is 31.0 Å². The number of benzene rings is 1. The zero-order valence-corrected chi connectivity index (χ0v) is 15.9. The van der Waals surface area contributed by atoms with Crippen molar-refractivity contribution in [2.24, 2.45) is 0 Å². The molecule has 0 spiro atoms. The molecule has 3 aromatic rings. The molecule has 0 radical (unpaired) electrons. The van der Waals surface area contributed by atoms with Crippen LogP contribution >= 0.6 is 0 Å². The van der Waals surface area contributed by atoms with Crippen LogP contribution in [-0.2, 0) is 10.2 Å². The molecular weight excluding hydrogens is 338 g/mol. The summed E-state index contributed by atoms with van der Waals surface area (Å²) in [6.07, 6.45) is 3.60. The maximum absolute atomic E-state index is 6.05. The first kappa shape index (κ1) is 16.5. The van der Waals surface area contributed by atoms with Gasteiger partial charge in [0.1, 0.15) is 0 Å². The molecule has 4 heterocycles. The average molecular weight is 361 g/mol. The van der Waals surface area contributed by atoms with Crippen molar-refractivity contribution >= 4 is 5.69 Å². The van der Waals surface area contributed by atoms with Gasteiger partial charge in [-0.2, -0.15) is 0 Å². The van der Waals surface area contributed by atoms with Gasteiger partial charge in [0, 0.05) is 35.1 Å². The van der Waals surface area contributed by atoms with E-state index in [2.05, 4.69) is 46.9 Å². The van der Waals surface area contributed by atoms with Crippen LogP contribution in [-0.4, -0.2) is 35.8 Å². The maximum Gasteiger partial charge on any atom is 0.228 e. The Bertz CT molecular complexity index is 987. The quantitative estimate of drug-likeness (QED) is 0.699. The van der Waals surface area contributed by atoms with Gasteiger partial charge < -0.3 is 14.1 Å². The number of aromatic nitrogens is 2. The first-order chi connectivity index (χ1) is 13.0. The first-order valence-electron chi connectivity index (χ1n) is 9.39. The van der Waals surface area contributed by atoms with Crippen LogP contribution in [0, 0.1) is 6.92 Å². The zero-order valence-electron chi connectivity index (χ0n) is 15.9. The molecular formula is C22H23N3O2. The van der Waals surface area contributed by atoms with Gasteiger partial charge in [0.25, 0.3) is 0 Å². The highest BCUT2D eigenvalue weighted by molar-refractivity contribution is 5.72. The minimum absolute atomic E-state index is 0.142. The molecule has 2 aliphatic heterocycles. The lowest BCUT2D eigenvalue weighted by molar-refractivity contribution is 0.00800. The molecule has 0 N–H and O–H groups in total. The minimum atomic E-state index is 0.142. The van der Waals surface area contributed by atoms with Crippen molar-refractivity contribution < 1.29 is 9.15 Å². The number of rotatable bonds is 3. The molecule has 0 amide bonds. The third-order valence-corrected chi connectivity index (χ3v) is 5.61. The molecule has 27 heavy (non-hydrogen) atoms. The lowest BCUT2D eigenvalue weighted by Crippen LogP contribution is -2.49. The molecule has 0 unspecified atom stereocenters. The Morgan fingerprint density at radius 1 is 1.04 bits per heavy atom. The second-order valence-electron chi connectivity index (χ2n) is 8.15. The summed E-state index contributed by atoms with van der Waals surface area (Å²) in [6, 6.07) is 11.0. The fourth-order valence-electron chi connectivity index (χ4n) is 3.96. The van der Waals surface area contributed by atoms with E-state index in [4.69, 9.17) is 9.15 Å². The number of pyridine rings is 1. The van der Waals surface area contributed by atoms with Crippen molar-refractivity contribution in [1.29, 1.82) is 0 Å². The molecule has 2 aliphatic rings. The summed E-state index contributed by atoms with van der Waals surface area (Å²) < 4.78 is 11.5. The molecule has 1 aromatic carbocycles. The first-order valence-corrected chi connectivity index (χ1v) is 9.39. The fraction of sp³-hybridized carbons (Fsp3) is 0.364. The van der Waals surface area contributed by atoms with E-state index < -0.39 is 0 Å². The predicted octanol–water partition coefficient (Wildman–Crippen LogP) is 4.21. The van der Waals surface area contributed by atoms with Crippen LogP contribution in [0.1, 0.15) is 25.1 Å². The van der Waals surface area contributed by atoms with Crippen LogP contribution in [0.4, 0.5) is 5.69 Å². The number of hydrogen-bond donors (Lipinski definition) is 0. The van der Waals surface area contributed by atoms with Gasteiger partial charge in [0.15, 0.2) is 5.76 Å². The molecule has 5 rings (SSSR count). The SMILES string of the molecule is Cc1ccc(-c2ncc(-c3ccc4c(c3)N(C3COC3)CC4(C)C)o2)cn1. The van der Waals surface area contributed by atoms with E-state index in [-0.39, 0.29) is 5.41 Å².